The van der Waals surface area contributed by atoms with Gasteiger partial charge in [-0.3, -0.25) is 0 Å². The second-order valence-corrected chi connectivity index (χ2v) is 7.01. The number of hydrogen-bond donors (Lipinski definition) is 0. The SMILES string of the molecule is Cc1cc2nncn2nc1N1CCC(Oc2ccc3c(c2)COC3)CC1. The first-order valence-corrected chi connectivity index (χ1v) is 9.05. The van der Waals surface area contributed by atoms with Gasteiger partial charge in [0.05, 0.1) is 13.2 Å². The highest BCUT2D eigenvalue weighted by atomic mass is 16.5. The average Bonchev–Trinajstić information content (AvgIpc) is 3.30. The van der Waals surface area contributed by atoms with E-state index in [1.165, 1.54) is 11.1 Å². The number of anilines is 1. The zero-order valence-electron chi connectivity index (χ0n) is 14.8. The Hall–Kier alpha value is -2.67. The number of piperidine rings is 1. The number of ether oxygens (including phenoxy) is 2. The molecule has 1 fully saturated rings. The van der Waals surface area contributed by atoms with Crippen molar-refractivity contribution in [3.8, 4) is 5.75 Å². The van der Waals surface area contributed by atoms with Gasteiger partial charge in [-0.1, -0.05) is 6.07 Å². The molecule has 2 aliphatic rings. The third-order valence-corrected chi connectivity index (χ3v) is 5.19. The van der Waals surface area contributed by atoms with Crippen LogP contribution in [0.3, 0.4) is 0 Å². The van der Waals surface area contributed by atoms with E-state index < -0.39 is 0 Å². The topological polar surface area (TPSA) is 64.8 Å². The molecule has 4 heterocycles. The summed E-state index contributed by atoms with van der Waals surface area (Å²) in [6, 6.07) is 8.34. The van der Waals surface area contributed by atoms with Crippen LogP contribution in [0.2, 0.25) is 0 Å². The summed E-state index contributed by atoms with van der Waals surface area (Å²) in [5.41, 5.74) is 4.44. The Morgan fingerprint density at radius 3 is 2.85 bits per heavy atom. The van der Waals surface area contributed by atoms with Crippen molar-refractivity contribution in [2.45, 2.75) is 39.1 Å². The highest BCUT2D eigenvalue weighted by Gasteiger charge is 2.23. The van der Waals surface area contributed by atoms with Gasteiger partial charge in [-0.15, -0.1) is 15.3 Å². The van der Waals surface area contributed by atoms with Crippen molar-refractivity contribution in [2.75, 3.05) is 18.0 Å². The summed E-state index contributed by atoms with van der Waals surface area (Å²) in [5.74, 6) is 1.96. The molecule has 0 atom stereocenters. The summed E-state index contributed by atoms with van der Waals surface area (Å²) < 4.78 is 13.4. The van der Waals surface area contributed by atoms with Crippen LogP contribution in [0.1, 0.15) is 29.5 Å². The number of aryl methyl sites for hydroxylation is 1. The molecule has 3 aromatic rings. The molecular weight excluding hydrogens is 330 g/mol. The Morgan fingerprint density at radius 2 is 1.96 bits per heavy atom. The molecule has 0 amide bonds. The van der Waals surface area contributed by atoms with Gasteiger partial charge in [-0.05, 0) is 41.8 Å². The van der Waals surface area contributed by atoms with E-state index in [2.05, 4.69) is 45.3 Å². The number of rotatable bonds is 3. The van der Waals surface area contributed by atoms with Crippen molar-refractivity contribution in [1.82, 2.24) is 19.8 Å². The van der Waals surface area contributed by atoms with Crippen LogP contribution >= 0.6 is 0 Å². The van der Waals surface area contributed by atoms with E-state index in [0.29, 0.717) is 6.61 Å². The van der Waals surface area contributed by atoms with E-state index in [0.717, 1.165) is 55.3 Å². The van der Waals surface area contributed by atoms with E-state index in [4.69, 9.17) is 9.47 Å². The molecule has 5 rings (SSSR count). The lowest BCUT2D eigenvalue weighted by molar-refractivity contribution is 0.134. The molecule has 26 heavy (non-hydrogen) atoms. The third-order valence-electron chi connectivity index (χ3n) is 5.19. The summed E-state index contributed by atoms with van der Waals surface area (Å²) in [6.45, 7) is 5.35. The van der Waals surface area contributed by atoms with Crippen LogP contribution in [-0.4, -0.2) is 39.0 Å². The molecule has 7 heteroatoms. The van der Waals surface area contributed by atoms with Gasteiger partial charge in [0, 0.05) is 25.9 Å². The first kappa shape index (κ1) is 15.6. The quantitative estimate of drug-likeness (QED) is 0.722. The molecular formula is C19H21N5O2. The van der Waals surface area contributed by atoms with Crippen molar-refractivity contribution < 1.29 is 9.47 Å². The van der Waals surface area contributed by atoms with Crippen molar-refractivity contribution in [1.29, 1.82) is 0 Å². The predicted octanol–water partition coefficient (Wildman–Crippen LogP) is 2.51. The summed E-state index contributed by atoms with van der Waals surface area (Å²) in [7, 11) is 0. The van der Waals surface area contributed by atoms with Gasteiger partial charge in [-0.25, -0.2) is 0 Å². The number of hydrogen-bond acceptors (Lipinski definition) is 6. The molecule has 0 bridgehead atoms. The van der Waals surface area contributed by atoms with E-state index >= 15 is 0 Å². The van der Waals surface area contributed by atoms with E-state index in [1.807, 2.05) is 6.07 Å². The van der Waals surface area contributed by atoms with Crippen LogP contribution in [-0.2, 0) is 18.0 Å². The Balaban J connectivity index is 1.26. The molecule has 134 valence electrons. The maximum atomic E-state index is 6.23. The zero-order valence-corrected chi connectivity index (χ0v) is 14.8. The number of fused-ring (bicyclic) bond motifs is 2. The largest absolute Gasteiger partial charge is 0.490 e. The molecule has 0 spiro atoms. The lowest BCUT2D eigenvalue weighted by atomic mass is 10.1. The highest BCUT2D eigenvalue weighted by molar-refractivity contribution is 5.52. The fourth-order valence-electron chi connectivity index (χ4n) is 3.76. The normalized spacial score (nSPS) is 17.7. The molecule has 0 aliphatic carbocycles. The Morgan fingerprint density at radius 1 is 1.12 bits per heavy atom. The fourth-order valence-corrected chi connectivity index (χ4v) is 3.76. The molecule has 2 aliphatic heterocycles. The van der Waals surface area contributed by atoms with Crippen molar-refractivity contribution in [3.63, 3.8) is 0 Å². The first-order chi connectivity index (χ1) is 12.8. The van der Waals surface area contributed by atoms with Crippen molar-refractivity contribution in [3.05, 3.63) is 47.3 Å². The van der Waals surface area contributed by atoms with Crippen molar-refractivity contribution in [2.24, 2.45) is 0 Å². The van der Waals surface area contributed by atoms with Gasteiger partial charge < -0.3 is 14.4 Å². The van der Waals surface area contributed by atoms with Gasteiger partial charge in [-0.2, -0.15) is 4.52 Å². The highest BCUT2D eigenvalue weighted by Crippen LogP contribution is 2.28. The minimum atomic E-state index is 0.241. The number of benzene rings is 1. The molecule has 2 aromatic heterocycles. The molecule has 0 unspecified atom stereocenters. The van der Waals surface area contributed by atoms with Crippen LogP contribution in [0.4, 0.5) is 5.82 Å². The minimum absolute atomic E-state index is 0.241. The van der Waals surface area contributed by atoms with Crippen LogP contribution < -0.4 is 9.64 Å². The van der Waals surface area contributed by atoms with Gasteiger partial charge in [0.1, 0.15) is 18.2 Å². The first-order valence-electron chi connectivity index (χ1n) is 9.05. The molecule has 0 saturated carbocycles. The van der Waals surface area contributed by atoms with Gasteiger partial charge in [0.15, 0.2) is 11.5 Å². The third kappa shape index (κ3) is 2.78. The lowest BCUT2D eigenvalue weighted by Gasteiger charge is -2.33. The average molecular weight is 351 g/mol. The summed E-state index contributed by atoms with van der Waals surface area (Å²) >= 11 is 0. The molecule has 0 radical (unpaired) electrons. The van der Waals surface area contributed by atoms with E-state index in [1.54, 1.807) is 10.8 Å². The maximum Gasteiger partial charge on any atom is 0.177 e. The summed E-state index contributed by atoms with van der Waals surface area (Å²) in [6.07, 6.45) is 3.85. The fraction of sp³-hybridized carbons (Fsp3) is 0.421. The van der Waals surface area contributed by atoms with E-state index in [9.17, 15) is 0 Å². The lowest BCUT2D eigenvalue weighted by Crippen LogP contribution is -2.39. The molecule has 0 N–H and O–H groups in total. The Labute approximate surface area is 151 Å². The standard InChI is InChI=1S/C19H21N5O2/c1-13-8-18-21-20-12-24(18)22-19(13)23-6-4-16(5-7-23)26-17-3-2-14-10-25-11-15(14)9-17/h2-3,8-9,12,16H,4-7,10-11H2,1H3. The van der Waals surface area contributed by atoms with Crippen LogP contribution in [0, 0.1) is 6.92 Å². The Bertz CT molecular complexity index is 946. The van der Waals surface area contributed by atoms with Gasteiger partial charge in [0.2, 0.25) is 0 Å². The second kappa shape index (κ2) is 6.25. The van der Waals surface area contributed by atoms with Gasteiger partial charge in [0.25, 0.3) is 0 Å². The summed E-state index contributed by atoms with van der Waals surface area (Å²) in [5, 5.41) is 12.6. The molecule has 1 aromatic carbocycles. The number of nitrogens with zero attached hydrogens (tertiary/aromatic N) is 5. The van der Waals surface area contributed by atoms with Crippen molar-refractivity contribution >= 4 is 11.5 Å². The predicted molar refractivity (Wildman–Crippen MR) is 96.3 cm³/mol. The van der Waals surface area contributed by atoms with Crippen LogP contribution in [0.25, 0.3) is 5.65 Å². The Kier molecular flexibility index (Phi) is 3.74. The molecule has 7 nitrogen and oxygen atoms in total. The minimum Gasteiger partial charge on any atom is -0.490 e. The van der Waals surface area contributed by atoms with Crippen LogP contribution in [0.5, 0.6) is 5.75 Å². The monoisotopic (exact) mass is 351 g/mol. The zero-order chi connectivity index (χ0) is 17.5. The maximum absolute atomic E-state index is 6.23. The molecule has 1 saturated heterocycles. The second-order valence-electron chi connectivity index (χ2n) is 7.01. The number of aromatic nitrogens is 4. The van der Waals surface area contributed by atoms with E-state index in [-0.39, 0.29) is 6.10 Å². The van der Waals surface area contributed by atoms with Crippen LogP contribution in [0.15, 0.2) is 30.6 Å². The van der Waals surface area contributed by atoms with Gasteiger partial charge >= 0.3 is 0 Å². The smallest absolute Gasteiger partial charge is 0.177 e. The summed E-state index contributed by atoms with van der Waals surface area (Å²) in [4.78, 5) is 2.32.